The van der Waals surface area contributed by atoms with Crippen LogP contribution in [0.5, 0.6) is 0 Å². The lowest BCUT2D eigenvalue weighted by molar-refractivity contribution is 0.102. The van der Waals surface area contributed by atoms with Crippen molar-refractivity contribution in [1.29, 1.82) is 5.26 Å². The number of thiophene rings is 1. The molecule has 2 aromatic carbocycles. The number of hydrogen-bond donors (Lipinski definition) is 1. The summed E-state index contributed by atoms with van der Waals surface area (Å²) >= 11 is 1.34. The number of nitrogens with one attached hydrogen (secondary N) is 1. The Morgan fingerprint density at radius 1 is 0.955 bits per heavy atom. The second-order valence-electron chi connectivity index (χ2n) is 4.67. The first kappa shape index (κ1) is 14.1. The molecule has 0 aliphatic rings. The molecule has 0 bridgehead atoms. The van der Waals surface area contributed by atoms with Crippen LogP contribution in [0.15, 0.2) is 66.0 Å². The lowest BCUT2D eigenvalue weighted by Gasteiger charge is -2.05. The van der Waals surface area contributed by atoms with Gasteiger partial charge >= 0.3 is 0 Å². The monoisotopic (exact) mass is 304 g/mol. The summed E-state index contributed by atoms with van der Waals surface area (Å²) in [5.74, 6) is -0.210. The number of anilines is 1. The number of carbonyl (C=O) groups excluding carboxylic acids is 1. The lowest BCUT2D eigenvalue weighted by Crippen LogP contribution is -2.11. The fourth-order valence-electron chi connectivity index (χ4n) is 2.11. The van der Waals surface area contributed by atoms with Crippen LogP contribution < -0.4 is 5.32 Å². The molecule has 0 fully saturated rings. The number of rotatable bonds is 3. The van der Waals surface area contributed by atoms with Crippen LogP contribution in [-0.4, -0.2) is 5.91 Å². The smallest absolute Gasteiger partial charge is 0.256 e. The minimum Gasteiger partial charge on any atom is -0.312 e. The Morgan fingerprint density at radius 2 is 1.64 bits per heavy atom. The van der Waals surface area contributed by atoms with Gasteiger partial charge in [-0.1, -0.05) is 42.5 Å². The lowest BCUT2D eigenvalue weighted by atomic mass is 10.0. The van der Waals surface area contributed by atoms with Crippen molar-refractivity contribution in [2.24, 2.45) is 0 Å². The maximum absolute atomic E-state index is 12.2. The third-order valence-corrected chi connectivity index (χ3v) is 4.10. The van der Waals surface area contributed by atoms with Crippen molar-refractivity contribution in [3.05, 3.63) is 77.2 Å². The van der Waals surface area contributed by atoms with Crippen molar-refractivity contribution in [1.82, 2.24) is 0 Å². The molecular formula is C18H12N2OS. The van der Waals surface area contributed by atoms with Gasteiger partial charge in [0.15, 0.2) is 0 Å². The number of amides is 1. The van der Waals surface area contributed by atoms with E-state index in [1.54, 1.807) is 23.6 Å². The molecule has 0 spiro atoms. The highest BCUT2D eigenvalue weighted by Gasteiger charge is 2.10. The molecule has 0 aliphatic carbocycles. The second-order valence-corrected chi connectivity index (χ2v) is 5.59. The molecule has 22 heavy (non-hydrogen) atoms. The molecule has 4 heteroatoms. The van der Waals surface area contributed by atoms with Crippen LogP contribution >= 0.6 is 11.3 Å². The minimum absolute atomic E-state index is 0.210. The van der Waals surface area contributed by atoms with Crippen molar-refractivity contribution in [2.45, 2.75) is 0 Å². The van der Waals surface area contributed by atoms with E-state index < -0.39 is 0 Å². The van der Waals surface area contributed by atoms with Crippen LogP contribution in [0.2, 0.25) is 0 Å². The molecule has 0 unspecified atom stereocenters. The maximum atomic E-state index is 12.2. The van der Waals surface area contributed by atoms with E-state index in [9.17, 15) is 4.79 Å². The normalized spacial score (nSPS) is 9.95. The molecule has 1 aromatic heterocycles. The van der Waals surface area contributed by atoms with Gasteiger partial charge in [0, 0.05) is 5.56 Å². The Kier molecular flexibility index (Phi) is 3.99. The van der Waals surface area contributed by atoms with Crippen LogP contribution in [0.1, 0.15) is 15.9 Å². The van der Waals surface area contributed by atoms with Gasteiger partial charge in [0.25, 0.3) is 5.91 Å². The average Bonchev–Trinajstić information content (AvgIpc) is 3.03. The van der Waals surface area contributed by atoms with Crippen LogP contribution in [0, 0.1) is 11.3 Å². The molecule has 0 saturated heterocycles. The number of nitrogens with zero attached hydrogens (tertiary/aromatic N) is 1. The fraction of sp³-hybridized carbons (Fsp3) is 0. The van der Waals surface area contributed by atoms with Crippen molar-refractivity contribution >= 4 is 22.2 Å². The summed E-state index contributed by atoms with van der Waals surface area (Å²) in [5, 5.41) is 14.1. The first-order valence-electron chi connectivity index (χ1n) is 6.72. The predicted octanol–water partition coefficient (Wildman–Crippen LogP) is 4.54. The largest absolute Gasteiger partial charge is 0.312 e. The molecule has 3 nitrogen and oxygen atoms in total. The van der Waals surface area contributed by atoms with Gasteiger partial charge in [-0.05, 0) is 34.7 Å². The van der Waals surface area contributed by atoms with E-state index in [1.165, 1.54) is 11.3 Å². The summed E-state index contributed by atoms with van der Waals surface area (Å²) in [6.07, 6.45) is 0. The summed E-state index contributed by atoms with van der Waals surface area (Å²) in [6.45, 7) is 0. The first-order chi connectivity index (χ1) is 10.8. The third kappa shape index (κ3) is 2.90. The van der Waals surface area contributed by atoms with Crippen molar-refractivity contribution < 1.29 is 4.79 Å². The zero-order chi connectivity index (χ0) is 15.4. The molecule has 1 heterocycles. The topological polar surface area (TPSA) is 52.9 Å². The highest BCUT2D eigenvalue weighted by atomic mass is 32.1. The van der Waals surface area contributed by atoms with E-state index in [0.717, 1.165) is 11.1 Å². The van der Waals surface area contributed by atoms with E-state index in [1.807, 2.05) is 42.5 Å². The molecule has 1 N–H and O–H groups in total. The number of hydrogen-bond acceptors (Lipinski definition) is 3. The van der Waals surface area contributed by atoms with Gasteiger partial charge < -0.3 is 5.32 Å². The maximum Gasteiger partial charge on any atom is 0.256 e. The highest BCUT2D eigenvalue weighted by Crippen LogP contribution is 2.24. The Balaban J connectivity index is 1.78. The van der Waals surface area contributed by atoms with E-state index in [4.69, 9.17) is 5.26 Å². The fourth-order valence-corrected chi connectivity index (χ4v) is 2.85. The van der Waals surface area contributed by atoms with Gasteiger partial charge in [0.05, 0.1) is 5.56 Å². The van der Waals surface area contributed by atoms with Gasteiger partial charge in [-0.15, -0.1) is 11.3 Å². The van der Waals surface area contributed by atoms with Crippen LogP contribution in [0.3, 0.4) is 0 Å². The minimum atomic E-state index is -0.210. The predicted molar refractivity (Wildman–Crippen MR) is 88.9 cm³/mol. The number of carbonyl (C=O) groups is 1. The zero-order valence-corrected chi connectivity index (χ0v) is 12.4. The highest BCUT2D eigenvalue weighted by molar-refractivity contribution is 7.14. The van der Waals surface area contributed by atoms with E-state index >= 15 is 0 Å². The summed E-state index contributed by atoms with van der Waals surface area (Å²) in [7, 11) is 0. The molecular weight excluding hydrogens is 292 g/mol. The SMILES string of the molecule is N#Cc1ccsc1NC(=O)c1ccc(-c2ccccc2)cc1. The molecule has 0 radical (unpaired) electrons. The summed E-state index contributed by atoms with van der Waals surface area (Å²) in [6, 6.07) is 21.2. The Hall–Kier alpha value is -2.90. The molecule has 106 valence electrons. The van der Waals surface area contributed by atoms with Gasteiger partial charge in [0.1, 0.15) is 11.1 Å². The van der Waals surface area contributed by atoms with E-state index in [-0.39, 0.29) is 5.91 Å². The third-order valence-electron chi connectivity index (χ3n) is 3.27. The average molecular weight is 304 g/mol. The summed E-state index contributed by atoms with van der Waals surface area (Å²) < 4.78 is 0. The molecule has 0 aliphatic heterocycles. The van der Waals surface area contributed by atoms with Gasteiger partial charge in [0.2, 0.25) is 0 Å². The Labute approximate surface area is 132 Å². The van der Waals surface area contributed by atoms with Crippen molar-refractivity contribution in [2.75, 3.05) is 5.32 Å². The quantitative estimate of drug-likeness (QED) is 0.772. The molecule has 1 amide bonds. The van der Waals surface area contributed by atoms with E-state index in [2.05, 4.69) is 11.4 Å². The Morgan fingerprint density at radius 3 is 2.32 bits per heavy atom. The number of nitriles is 1. The van der Waals surface area contributed by atoms with Crippen LogP contribution in [0.4, 0.5) is 5.00 Å². The van der Waals surface area contributed by atoms with Gasteiger partial charge in [-0.3, -0.25) is 4.79 Å². The Bertz CT molecular complexity index is 830. The second kappa shape index (κ2) is 6.25. The summed E-state index contributed by atoms with van der Waals surface area (Å²) in [5.41, 5.74) is 3.22. The summed E-state index contributed by atoms with van der Waals surface area (Å²) in [4.78, 5) is 12.2. The standard InChI is InChI=1S/C18H12N2OS/c19-12-16-10-11-22-18(16)20-17(21)15-8-6-14(7-9-15)13-4-2-1-3-5-13/h1-11H,(H,20,21). The van der Waals surface area contributed by atoms with E-state index in [0.29, 0.717) is 16.1 Å². The number of benzene rings is 2. The van der Waals surface area contributed by atoms with Gasteiger partial charge in [-0.2, -0.15) is 5.26 Å². The molecule has 0 atom stereocenters. The first-order valence-corrected chi connectivity index (χ1v) is 7.60. The molecule has 3 aromatic rings. The van der Waals surface area contributed by atoms with Gasteiger partial charge in [-0.25, -0.2) is 0 Å². The zero-order valence-electron chi connectivity index (χ0n) is 11.6. The van der Waals surface area contributed by atoms with Crippen molar-refractivity contribution in [3.63, 3.8) is 0 Å². The molecule has 3 rings (SSSR count). The van der Waals surface area contributed by atoms with Crippen LogP contribution in [-0.2, 0) is 0 Å². The molecule has 0 saturated carbocycles. The van der Waals surface area contributed by atoms with Crippen LogP contribution in [0.25, 0.3) is 11.1 Å². The van der Waals surface area contributed by atoms with Crippen molar-refractivity contribution in [3.8, 4) is 17.2 Å².